The van der Waals surface area contributed by atoms with Gasteiger partial charge >= 0.3 is 0 Å². The molecule has 2 fully saturated rings. The highest BCUT2D eigenvalue weighted by molar-refractivity contribution is 6.05. The van der Waals surface area contributed by atoms with Crippen LogP contribution >= 0.6 is 0 Å². The smallest absolute Gasteiger partial charge is 0.273 e. The van der Waals surface area contributed by atoms with Gasteiger partial charge in [0.2, 0.25) is 0 Å². The third-order valence-electron chi connectivity index (χ3n) is 7.76. The fourth-order valence-corrected chi connectivity index (χ4v) is 5.61. The molecule has 0 atom stereocenters. The lowest BCUT2D eigenvalue weighted by Gasteiger charge is -2.37. The van der Waals surface area contributed by atoms with E-state index >= 15 is 0 Å². The Labute approximate surface area is 213 Å². The molecule has 4 heterocycles. The lowest BCUT2D eigenvalue weighted by Crippen LogP contribution is -2.51. The molecule has 1 amide bonds. The number of benzene rings is 1. The van der Waals surface area contributed by atoms with E-state index in [0.717, 1.165) is 5.56 Å². The minimum absolute atomic E-state index is 0.154. The number of aromatic amines is 2. The number of halogens is 1. The molecule has 1 aliphatic carbocycles. The van der Waals surface area contributed by atoms with Gasteiger partial charge in [-0.05, 0) is 31.2 Å². The lowest BCUT2D eigenvalue weighted by molar-refractivity contribution is -0.366. The van der Waals surface area contributed by atoms with Crippen molar-refractivity contribution < 1.29 is 14.2 Å². The maximum atomic E-state index is 13.6. The normalized spacial score (nSPS) is 16.8. The van der Waals surface area contributed by atoms with E-state index < -0.39 is 6.67 Å². The van der Waals surface area contributed by atoms with Crippen molar-refractivity contribution >= 4 is 11.6 Å². The van der Waals surface area contributed by atoms with Gasteiger partial charge in [-0.25, -0.2) is 19.5 Å². The number of amides is 1. The molecule has 1 aromatic carbocycles. The Balaban J connectivity index is 1.45. The highest BCUT2D eigenvalue weighted by Crippen LogP contribution is 2.34. The van der Waals surface area contributed by atoms with Crippen LogP contribution in [0.15, 0.2) is 47.5 Å². The number of alkyl halides is 1. The number of H-pyrrole nitrogens is 2. The van der Waals surface area contributed by atoms with Crippen LogP contribution in [0, 0.1) is 12.8 Å². The van der Waals surface area contributed by atoms with Crippen LogP contribution in [0.25, 0.3) is 28.3 Å². The summed E-state index contributed by atoms with van der Waals surface area (Å²) in [5, 5.41) is 3.08. The summed E-state index contributed by atoms with van der Waals surface area (Å²) in [6, 6.07) is 9.78. The van der Waals surface area contributed by atoms with Crippen molar-refractivity contribution in [3.63, 3.8) is 0 Å². The van der Waals surface area contributed by atoms with Crippen LogP contribution in [-0.4, -0.2) is 50.2 Å². The molecule has 8 nitrogen and oxygen atoms in total. The highest BCUT2D eigenvalue weighted by Gasteiger charge is 2.36. The second kappa shape index (κ2) is 9.53. The number of rotatable bonds is 5. The second-order valence-corrected chi connectivity index (χ2v) is 10.2. The van der Waals surface area contributed by atoms with E-state index in [1.165, 1.54) is 48.2 Å². The summed E-state index contributed by atoms with van der Waals surface area (Å²) in [7, 11) is 0. The van der Waals surface area contributed by atoms with E-state index in [0.29, 0.717) is 41.8 Å². The molecule has 1 saturated heterocycles. The van der Waals surface area contributed by atoms with Crippen molar-refractivity contribution in [1.29, 1.82) is 0 Å². The third-order valence-corrected chi connectivity index (χ3v) is 7.76. The Morgan fingerprint density at radius 1 is 1.16 bits per heavy atom. The van der Waals surface area contributed by atoms with E-state index in [1.807, 2.05) is 19.1 Å². The molecule has 9 heteroatoms. The summed E-state index contributed by atoms with van der Waals surface area (Å²) < 4.78 is 14.4. The lowest BCUT2D eigenvalue weighted by atomic mass is 9.84. The molecular weight excluding hydrogens is 471 g/mol. The number of likely N-dealkylation sites (tertiary alicyclic amines) is 1. The van der Waals surface area contributed by atoms with Crippen molar-refractivity contribution in [1.82, 2.24) is 24.5 Å². The van der Waals surface area contributed by atoms with Crippen LogP contribution in [0.4, 0.5) is 4.39 Å². The van der Waals surface area contributed by atoms with Crippen LogP contribution in [0.2, 0.25) is 0 Å². The first-order chi connectivity index (χ1) is 18.0. The van der Waals surface area contributed by atoms with Gasteiger partial charge in [-0.2, -0.15) is 0 Å². The maximum Gasteiger partial charge on any atom is 0.273 e. The van der Waals surface area contributed by atoms with Crippen molar-refractivity contribution in [2.45, 2.75) is 44.9 Å². The summed E-state index contributed by atoms with van der Waals surface area (Å²) in [5.74, 6) is 0.147. The molecule has 0 radical (unpaired) electrons. The third kappa shape index (κ3) is 4.22. The van der Waals surface area contributed by atoms with Gasteiger partial charge in [0.25, 0.3) is 17.2 Å². The van der Waals surface area contributed by atoms with Crippen molar-refractivity contribution in [2.24, 2.45) is 5.92 Å². The molecule has 0 bridgehead atoms. The Bertz CT molecular complexity index is 1510. The molecule has 190 valence electrons. The number of fused-ring (bicyclic) bond motifs is 1. The summed E-state index contributed by atoms with van der Waals surface area (Å²) in [6.07, 6.45) is 9.57. The monoisotopic (exact) mass is 501 g/mol. The van der Waals surface area contributed by atoms with Crippen molar-refractivity contribution in [2.75, 3.05) is 19.8 Å². The average molecular weight is 502 g/mol. The standard InChI is InChI=1S/C28H29FN6O2/c1-17-25(31-12-11-30-17)26-24(28(37)34-15-18(14-29)16-34)27-32-22(13-23(36)35(27)33-26)21-9-7-20(8-10-21)19-5-3-2-4-6-19/h7-13,18-19,33H,2-6,14-16H2,1H3/p+1. The number of carbonyl (C=O) groups excluding carboxylic acids is 1. The molecule has 0 unspecified atom stereocenters. The van der Waals surface area contributed by atoms with Gasteiger partial charge in [0, 0.05) is 30.6 Å². The summed E-state index contributed by atoms with van der Waals surface area (Å²) in [5.41, 5.74) is 4.57. The van der Waals surface area contributed by atoms with Crippen LogP contribution in [-0.2, 0) is 0 Å². The van der Waals surface area contributed by atoms with E-state index in [-0.39, 0.29) is 28.6 Å². The minimum Gasteiger partial charge on any atom is -0.338 e. The number of hydrogen-bond donors (Lipinski definition) is 1. The van der Waals surface area contributed by atoms with Crippen molar-refractivity contribution in [3.05, 3.63) is 69.9 Å². The summed E-state index contributed by atoms with van der Waals surface area (Å²) >= 11 is 0. The number of aromatic nitrogens is 5. The fourth-order valence-electron chi connectivity index (χ4n) is 5.61. The van der Waals surface area contributed by atoms with Crippen LogP contribution in [0.1, 0.15) is 59.6 Å². The number of nitrogens with one attached hydrogen (secondary N) is 2. The fraction of sp³-hybridized carbons (Fsp3) is 0.393. The number of hydrogen-bond acceptors (Lipinski definition) is 4. The molecule has 2 aliphatic rings. The molecular formula is C28H30FN6O2+. The van der Waals surface area contributed by atoms with Gasteiger partial charge in [-0.15, -0.1) is 0 Å². The minimum atomic E-state index is -0.460. The summed E-state index contributed by atoms with van der Waals surface area (Å²) in [4.78, 5) is 40.7. The van der Waals surface area contributed by atoms with Crippen molar-refractivity contribution in [3.8, 4) is 22.6 Å². The maximum absolute atomic E-state index is 13.6. The van der Waals surface area contributed by atoms with Gasteiger partial charge in [0.1, 0.15) is 17.0 Å². The first kappa shape index (κ1) is 23.5. The number of carbonyl (C=O) groups is 1. The number of aryl methyl sites for hydroxylation is 1. The SMILES string of the molecule is Cc1ncc[nH+]c1-c1[nH]n2c(=O)cc(-c3ccc(C4CCCCC4)cc3)nc2c1C(=O)N1CC(CF)C1. The van der Waals surface area contributed by atoms with Gasteiger partial charge in [0.05, 0.1) is 18.6 Å². The van der Waals surface area contributed by atoms with Gasteiger partial charge in [-0.1, -0.05) is 43.5 Å². The zero-order valence-corrected chi connectivity index (χ0v) is 20.8. The second-order valence-electron chi connectivity index (χ2n) is 10.2. The predicted molar refractivity (Wildman–Crippen MR) is 137 cm³/mol. The Kier molecular flexibility index (Phi) is 6.06. The van der Waals surface area contributed by atoms with Crippen LogP contribution in [0.3, 0.4) is 0 Å². The van der Waals surface area contributed by atoms with E-state index in [1.54, 1.807) is 17.3 Å². The van der Waals surface area contributed by atoms with Gasteiger partial charge in [-0.3, -0.25) is 19.1 Å². The average Bonchev–Trinajstić information content (AvgIpc) is 3.29. The molecule has 37 heavy (non-hydrogen) atoms. The van der Waals surface area contributed by atoms with Crippen LogP contribution < -0.4 is 10.5 Å². The quantitative estimate of drug-likeness (QED) is 0.448. The predicted octanol–water partition coefficient (Wildman–Crippen LogP) is 3.96. The van der Waals surface area contributed by atoms with E-state index in [9.17, 15) is 14.0 Å². The van der Waals surface area contributed by atoms with Gasteiger partial charge < -0.3 is 4.90 Å². The molecule has 4 aromatic rings. The number of nitrogens with zero attached hydrogens (tertiary/aromatic N) is 4. The Morgan fingerprint density at radius 3 is 2.62 bits per heavy atom. The zero-order chi connectivity index (χ0) is 25.5. The van der Waals surface area contributed by atoms with Gasteiger partial charge in [0.15, 0.2) is 11.8 Å². The van der Waals surface area contributed by atoms with E-state index in [4.69, 9.17) is 4.98 Å². The largest absolute Gasteiger partial charge is 0.338 e. The zero-order valence-electron chi connectivity index (χ0n) is 20.8. The highest BCUT2D eigenvalue weighted by atomic mass is 19.1. The van der Waals surface area contributed by atoms with Crippen LogP contribution in [0.5, 0.6) is 0 Å². The first-order valence-electron chi connectivity index (χ1n) is 13.0. The summed E-state index contributed by atoms with van der Waals surface area (Å²) in [6.45, 7) is 2.05. The molecule has 1 saturated carbocycles. The Hall–Kier alpha value is -3.88. The molecule has 0 spiro atoms. The van der Waals surface area contributed by atoms with E-state index in [2.05, 4.69) is 27.2 Å². The molecule has 3 aromatic heterocycles. The Morgan fingerprint density at radius 2 is 1.92 bits per heavy atom. The molecule has 2 N–H and O–H groups in total. The first-order valence-corrected chi connectivity index (χ1v) is 13.0. The molecule has 6 rings (SSSR count). The molecule has 1 aliphatic heterocycles. The topological polar surface area (TPSA) is 97.5 Å².